The molecule has 0 aliphatic carbocycles. The van der Waals surface area contributed by atoms with Crippen LogP contribution in [0.4, 0.5) is 0 Å². The second-order valence-corrected chi connectivity index (χ2v) is 7.73. The van der Waals surface area contributed by atoms with Gasteiger partial charge in [0.2, 0.25) is 11.8 Å². The number of amides is 2. The Hall–Kier alpha value is -1.99. The van der Waals surface area contributed by atoms with Crippen molar-refractivity contribution in [3.63, 3.8) is 0 Å². The number of hydrogen-bond acceptors (Lipinski definition) is 5. The van der Waals surface area contributed by atoms with E-state index in [2.05, 4.69) is 9.88 Å². The van der Waals surface area contributed by atoms with Crippen molar-refractivity contribution in [2.24, 2.45) is 0 Å². The molecule has 0 spiro atoms. The molecule has 1 aromatic heterocycles. The van der Waals surface area contributed by atoms with Gasteiger partial charge in [-0.25, -0.2) is 0 Å². The Morgan fingerprint density at radius 3 is 2.48 bits per heavy atom. The van der Waals surface area contributed by atoms with Gasteiger partial charge in [-0.1, -0.05) is 0 Å². The second kappa shape index (κ2) is 9.28. The van der Waals surface area contributed by atoms with Gasteiger partial charge in [-0.05, 0) is 57.6 Å². The third-order valence-corrected chi connectivity index (χ3v) is 5.57. The van der Waals surface area contributed by atoms with E-state index < -0.39 is 0 Å². The van der Waals surface area contributed by atoms with Crippen molar-refractivity contribution in [2.45, 2.75) is 31.8 Å². The van der Waals surface area contributed by atoms with E-state index in [0.717, 1.165) is 51.0 Å². The maximum absolute atomic E-state index is 12.8. The molecule has 148 valence electrons. The summed E-state index contributed by atoms with van der Waals surface area (Å²) in [6, 6.07) is 3.96. The lowest BCUT2D eigenvalue weighted by Crippen LogP contribution is -2.46. The van der Waals surface area contributed by atoms with Crippen LogP contribution < -0.4 is 0 Å². The molecule has 2 aliphatic heterocycles. The zero-order valence-corrected chi connectivity index (χ0v) is 16.5. The van der Waals surface area contributed by atoms with E-state index in [1.165, 1.54) is 0 Å². The topological polar surface area (TPSA) is 60.0 Å². The van der Waals surface area contributed by atoms with Crippen molar-refractivity contribution in [3.05, 3.63) is 30.1 Å². The van der Waals surface area contributed by atoms with Crippen molar-refractivity contribution in [1.29, 1.82) is 0 Å². The highest BCUT2D eigenvalue weighted by atomic mass is 16.2. The predicted octanol–water partition coefficient (Wildman–Crippen LogP) is 0.669. The van der Waals surface area contributed by atoms with Gasteiger partial charge in [0, 0.05) is 45.1 Å². The molecule has 7 heteroatoms. The van der Waals surface area contributed by atoms with E-state index in [1.54, 1.807) is 12.4 Å². The summed E-state index contributed by atoms with van der Waals surface area (Å²) in [6.45, 7) is 4.86. The van der Waals surface area contributed by atoms with E-state index in [0.29, 0.717) is 19.6 Å². The van der Waals surface area contributed by atoms with Crippen LogP contribution in [0.15, 0.2) is 24.5 Å². The lowest BCUT2D eigenvalue weighted by Gasteiger charge is -2.28. The van der Waals surface area contributed by atoms with Gasteiger partial charge in [0.1, 0.15) is 0 Å². The van der Waals surface area contributed by atoms with Gasteiger partial charge in [-0.3, -0.25) is 24.4 Å². The maximum Gasteiger partial charge on any atom is 0.239 e. The Morgan fingerprint density at radius 2 is 1.78 bits per heavy atom. The van der Waals surface area contributed by atoms with Gasteiger partial charge < -0.3 is 9.80 Å². The highest BCUT2D eigenvalue weighted by molar-refractivity contribution is 5.82. The van der Waals surface area contributed by atoms with Crippen LogP contribution in [0.3, 0.4) is 0 Å². The lowest BCUT2D eigenvalue weighted by atomic mass is 10.2. The first kappa shape index (κ1) is 19.8. The first-order chi connectivity index (χ1) is 13.0. The van der Waals surface area contributed by atoms with Crippen molar-refractivity contribution in [2.75, 3.05) is 53.4 Å². The van der Waals surface area contributed by atoms with Crippen LogP contribution in [0.25, 0.3) is 0 Å². The summed E-state index contributed by atoms with van der Waals surface area (Å²) in [6.07, 6.45) is 6.44. The van der Waals surface area contributed by atoms with E-state index >= 15 is 0 Å². The Bertz CT molecular complexity index is 639. The van der Waals surface area contributed by atoms with Crippen LogP contribution in [0.1, 0.15) is 24.8 Å². The molecular formula is C20H31N5O2. The second-order valence-electron chi connectivity index (χ2n) is 7.73. The van der Waals surface area contributed by atoms with Crippen LogP contribution in [0, 0.1) is 0 Å². The van der Waals surface area contributed by atoms with Gasteiger partial charge in [0.15, 0.2) is 0 Å². The molecule has 27 heavy (non-hydrogen) atoms. The fourth-order valence-electron chi connectivity index (χ4n) is 4.01. The van der Waals surface area contributed by atoms with Gasteiger partial charge in [-0.15, -0.1) is 0 Å². The van der Waals surface area contributed by atoms with Crippen LogP contribution in [0.5, 0.6) is 0 Å². The molecule has 1 aromatic rings. The summed E-state index contributed by atoms with van der Waals surface area (Å²) in [5, 5.41) is 0. The molecule has 0 aromatic carbocycles. The third-order valence-electron chi connectivity index (χ3n) is 5.57. The standard InChI is InChI=1S/C20H31N5O2/c1-22(15-17-6-8-21-9-7-17)16-19(26)24-11-4-12-25(14-13-24)20(27)18-5-3-10-23(18)2/h6-9,18H,3-5,10-16H2,1-2H3. The normalized spacial score (nSPS) is 21.5. The van der Waals surface area contributed by atoms with Crippen LogP contribution >= 0.6 is 0 Å². The summed E-state index contributed by atoms with van der Waals surface area (Å²) < 4.78 is 0. The average molecular weight is 374 g/mol. The quantitative estimate of drug-likeness (QED) is 0.759. The lowest BCUT2D eigenvalue weighted by molar-refractivity contribution is -0.136. The van der Waals surface area contributed by atoms with E-state index in [-0.39, 0.29) is 17.9 Å². The van der Waals surface area contributed by atoms with Crippen molar-refractivity contribution in [1.82, 2.24) is 24.6 Å². The number of hydrogen-bond donors (Lipinski definition) is 0. The van der Waals surface area contributed by atoms with E-state index in [9.17, 15) is 9.59 Å². The molecule has 1 unspecified atom stereocenters. The fourth-order valence-corrected chi connectivity index (χ4v) is 4.01. The molecule has 0 radical (unpaired) electrons. The van der Waals surface area contributed by atoms with Gasteiger partial charge in [0.05, 0.1) is 12.6 Å². The van der Waals surface area contributed by atoms with Crippen LogP contribution in [0.2, 0.25) is 0 Å². The first-order valence-electron chi connectivity index (χ1n) is 9.89. The summed E-state index contributed by atoms with van der Waals surface area (Å²) in [5.41, 5.74) is 1.15. The zero-order valence-electron chi connectivity index (χ0n) is 16.5. The van der Waals surface area contributed by atoms with Gasteiger partial charge >= 0.3 is 0 Å². The number of likely N-dealkylation sites (N-methyl/N-ethyl adjacent to an activating group) is 2. The average Bonchev–Trinajstić information content (AvgIpc) is 2.93. The molecule has 0 saturated carbocycles. The number of nitrogens with zero attached hydrogens (tertiary/aromatic N) is 5. The molecule has 3 rings (SSSR count). The molecule has 2 saturated heterocycles. The molecule has 0 N–H and O–H groups in total. The number of carbonyl (C=O) groups excluding carboxylic acids is 2. The number of carbonyl (C=O) groups is 2. The summed E-state index contributed by atoms with van der Waals surface area (Å²) >= 11 is 0. The number of likely N-dealkylation sites (tertiary alicyclic amines) is 1. The first-order valence-corrected chi connectivity index (χ1v) is 9.89. The van der Waals surface area contributed by atoms with E-state index in [4.69, 9.17) is 0 Å². The van der Waals surface area contributed by atoms with Crippen molar-refractivity contribution >= 4 is 11.8 Å². The van der Waals surface area contributed by atoms with Crippen LogP contribution in [-0.4, -0.2) is 95.8 Å². The van der Waals surface area contributed by atoms with Gasteiger partial charge in [-0.2, -0.15) is 0 Å². The SMILES string of the molecule is CN(CC(=O)N1CCCN(C(=O)C2CCCN2C)CC1)Cc1ccncc1. The molecule has 2 amide bonds. The minimum Gasteiger partial charge on any atom is -0.340 e. The predicted molar refractivity (Wildman–Crippen MR) is 104 cm³/mol. The monoisotopic (exact) mass is 373 g/mol. The zero-order chi connectivity index (χ0) is 19.2. The Kier molecular flexibility index (Phi) is 6.79. The molecule has 7 nitrogen and oxygen atoms in total. The summed E-state index contributed by atoms with van der Waals surface area (Å²) in [7, 11) is 3.99. The van der Waals surface area contributed by atoms with Crippen molar-refractivity contribution in [3.8, 4) is 0 Å². The largest absolute Gasteiger partial charge is 0.340 e. The minimum absolute atomic E-state index is 0.0266. The Balaban J connectivity index is 1.48. The molecule has 2 fully saturated rings. The summed E-state index contributed by atoms with van der Waals surface area (Å²) in [4.78, 5) is 37.6. The third kappa shape index (κ3) is 5.26. The number of aromatic nitrogens is 1. The van der Waals surface area contributed by atoms with Crippen LogP contribution in [-0.2, 0) is 16.1 Å². The van der Waals surface area contributed by atoms with Gasteiger partial charge in [0.25, 0.3) is 0 Å². The maximum atomic E-state index is 12.8. The molecule has 0 bridgehead atoms. The molecule has 3 heterocycles. The minimum atomic E-state index is 0.0266. The number of rotatable bonds is 5. The molecular weight excluding hydrogens is 342 g/mol. The molecule has 1 atom stereocenters. The Morgan fingerprint density at radius 1 is 1.07 bits per heavy atom. The van der Waals surface area contributed by atoms with Crippen molar-refractivity contribution < 1.29 is 9.59 Å². The highest BCUT2D eigenvalue weighted by Crippen LogP contribution is 2.18. The molecule has 2 aliphatic rings. The highest BCUT2D eigenvalue weighted by Gasteiger charge is 2.32. The number of pyridine rings is 1. The summed E-state index contributed by atoms with van der Waals surface area (Å²) in [5.74, 6) is 0.373. The smallest absolute Gasteiger partial charge is 0.239 e. The Labute approximate surface area is 161 Å². The van der Waals surface area contributed by atoms with E-state index in [1.807, 2.05) is 40.9 Å². The fraction of sp³-hybridized carbons (Fsp3) is 0.650.